The molecule has 0 aliphatic heterocycles. The van der Waals surface area contributed by atoms with Crippen LogP contribution in [0.3, 0.4) is 0 Å². The molecular formula is C24H27N3O. The van der Waals surface area contributed by atoms with Crippen molar-refractivity contribution in [3.63, 3.8) is 0 Å². The van der Waals surface area contributed by atoms with E-state index in [0.29, 0.717) is 6.54 Å². The second kappa shape index (κ2) is 9.81. The molecule has 2 aromatic carbocycles. The summed E-state index contributed by atoms with van der Waals surface area (Å²) >= 11 is 0. The summed E-state index contributed by atoms with van der Waals surface area (Å²) in [4.78, 5) is 19.4. The Morgan fingerprint density at radius 1 is 0.929 bits per heavy atom. The third-order valence-corrected chi connectivity index (χ3v) is 4.71. The summed E-state index contributed by atoms with van der Waals surface area (Å²) in [5.41, 5.74) is 3.13. The first-order valence-corrected chi connectivity index (χ1v) is 9.68. The molecule has 4 nitrogen and oxygen atoms in total. The summed E-state index contributed by atoms with van der Waals surface area (Å²) in [5.74, 6) is 0.0794. The molecule has 0 saturated carbocycles. The lowest BCUT2D eigenvalue weighted by molar-refractivity contribution is -0.132. The smallest absolute Gasteiger partial charge is 0.237 e. The zero-order chi connectivity index (χ0) is 19.8. The number of aromatic nitrogens is 1. The molecule has 0 saturated heterocycles. The Morgan fingerprint density at radius 3 is 2.18 bits per heavy atom. The van der Waals surface area contributed by atoms with Crippen molar-refractivity contribution < 1.29 is 4.79 Å². The Morgan fingerprint density at radius 2 is 1.57 bits per heavy atom. The monoisotopic (exact) mass is 373 g/mol. The number of pyridine rings is 1. The molecule has 0 aliphatic carbocycles. The molecule has 1 unspecified atom stereocenters. The highest BCUT2D eigenvalue weighted by Gasteiger charge is 2.20. The van der Waals surface area contributed by atoms with E-state index in [1.165, 1.54) is 0 Å². The Hall–Kier alpha value is -2.98. The normalized spacial score (nSPS) is 12.0. The lowest BCUT2D eigenvalue weighted by Crippen LogP contribution is -2.42. The van der Waals surface area contributed by atoms with Crippen LogP contribution in [0.5, 0.6) is 0 Å². The van der Waals surface area contributed by atoms with Gasteiger partial charge in [-0.2, -0.15) is 0 Å². The number of nitrogens with zero attached hydrogens (tertiary/aromatic N) is 2. The largest absolute Gasteiger partial charge is 0.335 e. The molecule has 1 amide bonds. The fourth-order valence-electron chi connectivity index (χ4n) is 3.22. The van der Waals surface area contributed by atoms with Crippen LogP contribution in [0.1, 0.15) is 36.7 Å². The number of amides is 1. The van der Waals surface area contributed by atoms with E-state index in [2.05, 4.69) is 34.6 Å². The molecule has 0 aliphatic rings. The van der Waals surface area contributed by atoms with Gasteiger partial charge in [0.15, 0.2) is 0 Å². The number of carbonyl (C=O) groups is 1. The van der Waals surface area contributed by atoms with Gasteiger partial charge in [0, 0.05) is 18.8 Å². The van der Waals surface area contributed by atoms with Crippen molar-refractivity contribution >= 4 is 5.91 Å². The average molecular weight is 374 g/mol. The zero-order valence-corrected chi connectivity index (χ0v) is 16.5. The van der Waals surface area contributed by atoms with Gasteiger partial charge >= 0.3 is 0 Å². The van der Waals surface area contributed by atoms with Crippen LogP contribution in [0, 0.1) is 0 Å². The van der Waals surface area contributed by atoms with Gasteiger partial charge in [-0.05, 0) is 37.1 Å². The summed E-state index contributed by atoms with van der Waals surface area (Å²) in [6.45, 7) is 4.96. The first-order chi connectivity index (χ1) is 13.6. The highest BCUT2D eigenvalue weighted by atomic mass is 16.2. The number of hydrogen-bond donors (Lipinski definition) is 1. The fourth-order valence-corrected chi connectivity index (χ4v) is 3.22. The van der Waals surface area contributed by atoms with Crippen molar-refractivity contribution in [2.45, 2.75) is 32.5 Å². The van der Waals surface area contributed by atoms with Crippen LogP contribution in [-0.4, -0.2) is 28.4 Å². The van der Waals surface area contributed by atoms with Crippen molar-refractivity contribution in [2.75, 3.05) is 6.54 Å². The first kappa shape index (κ1) is 19.8. The molecule has 0 radical (unpaired) electrons. The predicted molar refractivity (Wildman–Crippen MR) is 113 cm³/mol. The molecule has 3 rings (SSSR count). The lowest BCUT2D eigenvalue weighted by atomic mass is 10.0. The summed E-state index contributed by atoms with van der Waals surface area (Å²) in [6.07, 6.45) is 1.78. The second-order valence-electron chi connectivity index (χ2n) is 7.08. The number of hydrogen-bond acceptors (Lipinski definition) is 3. The van der Waals surface area contributed by atoms with Crippen molar-refractivity contribution in [3.05, 3.63) is 102 Å². The Labute approximate surface area is 167 Å². The minimum absolute atomic E-state index is 0.0794. The van der Waals surface area contributed by atoms with E-state index in [-0.39, 0.29) is 24.5 Å². The van der Waals surface area contributed by atoms with Crippen molar-refractivity contribution in [1.82, 2.24) is 15.2 Å². The quantitative estimate of drug-likeness (QED) is 0.644. The molecule has 0 fully saturated rings. The number of nitrogens with one attached hydrogen (secondary N) is 1. The van der Waals surface area contributed by atoms with Crippen LogP contribution in [-0.2, 0) is 11.3 Å². The minimum atomic E-state index is -0.128. The van der Waals surface area contributed by atoms with Gasteiger partial charge in [0.25, 0.3) is 0 Å². The van der Waals surface area contributed by atoms with Gasteiger partial charge in [0.2, 0.25) is 5.91 Å². The predicted octanol–water partition coefficient (Wildman–Crippen LogP) is 4.20. The van der Waals surface area contributed by atoms with Crippen LogP contribution in [0.25, 0.3) is 0 Å². The van der Waals surface area contributed by atoms with Gasteiger partial charge in [-0.25, -0.2) is 0 Å². The number of benzene rings is 2. The minimum Gasteiger partial charge on any atom is -0.335 e. The van der Waals surface area contributed by atoms with Crippen LogP contribution < -0.4 is 5.32 Å². The van der Waals surface area contributed by atoms with Crippen molar-refractivity contribution in [1.29, 1.82) is 0 Å². The SMILES string of the molecule is CC(C)N(Cc1ccccc1)C(=O)CNC(c1ccccc1)c1ccccn1. The van der Waals surface area contributed by atoms with Crippen LogP contribution in [0.2, 0.25) is 0 Å². The van der Waals surface area contributed by atoms with Gasteiger partial charge in [-0.3, -0.25) is 15.1 Å². The molecular weight excluding hydrogens is 346 g/mol. The number of rotatable bonds is 8. The first-order valence-electron chi connectivity index (χ1n) is 9.68. The van der Waals surface area contributed by atoms with Crippen LogP contribution in [0.15, 0.2) is 85.1 Å². The average Bonchev–Trinajstić information content (AvgIpc) is 2.74. The molecule has 1 N–H and O–H groups in total. The second-order valence-corrected chi connectivity index (χ2v) is 7.08. The van der Waals surface area contributed by atoms with Crippen LogP contribution in [0.4, 0.5) is 0 Å². The molecule has 1 atom stereocenters. The molecule has 1 aromatic heterocycles. The lowest BCUT2D eigenvalue weighted by Gasteiger charge is -2.28. The van der Waals surface area contributed by atoms with E-state index < -0.39 is 0 Å². The highest BCUT2D eigenvalue weighted by Crippen LogP contribution is 2.20. The summed E-state index contributed by atoms with van der Waals surface area (Å²) in [7, 11) is 0. The molecule has 3 aromatic rings. The zero-order valence-electron chi connectivity index (χ0n) is 16.5. The molecule has 1 heterocycles. The molecule has 0 spiro atoms. The summed E-state index contributed by atoms with van der Waals surface area (Å²) < 4.78 is 0. The van der Waals surface area contributed by atoms with Gasteiger partial charge in [0.1, 0.15) is 0 Å². The van der Waals surface area contributed by atoms with Gasteiger partial charge in [0.05, 0.1) is 18.3 Å². The maximum Gasteiger partial charge on any atom is 0.237 e. The van der Waals surface area contributed by atoms with E-state index >= 15 is 0 Å². The number of carbonyl (C=O) groups excluding carboxylic acids is 1. The third-order valence-electron chi connectivity index (χ3n) is 4.71. The Bertz CT molecular complexity index is 811. The molecule has 144 valence electrons. The fraction of sp³-hybridized carbons (Fsp3) is 0.250. The highest BCUT2D eigenvalue weighted by molar-refractivity contribution is 5.78. The molecule has 0 bridgehead atoms. The molecule has 28 heavy (non-hydrogen) atoms. The van der Waals surface area contributed by atoms with E-state index in [9.17, 15) is 4.79 Å². The van der Waals surface area contributed by atoms with Gasteiger partial charge < -0.3 is 4.90 Å². The third kappa shape index (κ3) is 5.27. The summed E-state index contributed by atoms with van der Waals surface area (Å²) in [5, 5.41) is 3.42. The van der Waals surface area contributed by atoms with Crippen molar-refractivity contribution in [3.8, 4) is 0 Å². The van der Waals surface area contributed by atoms with E-state index in [0.717, 1.165) is 16.8 Å². The van der Waals surface area contributed by atoms with E-state index in [4.69, 9.17) is 0 Å². The van der Waals surface area contributed by atoms with Crippen LogP contribution >= 0.6 is 0 Å². The maximum atomic E-state index is 13.0. The van der Waals surface area contributed by atoms with E-state index in [1.807, 2.05) is 73.3 Å². The Balaban J connectivity index is 1.73. The Kier molecular flexibility index (Phi) is 6.93. The standard InChI is InChI=1S/C24H27N3O/c1-19(2)27(18-20-11-5-3-6-12-20)23(28)17-26-24(21-13-7-4-8-14-21)22-15-9-10-16-25-22/h3-16,19,24,26H,17-18H2,1-2H3. The van der Waals surface area contributed by atoms with Gasteiger partial charge in [-0.1, -0.05) is 66.7 Å². The molecule has 4 heteroatoms. The summed E-state index contributed by atoms with van der Waals surface area (Å²) in [6, 6.07) is 26.1. The van der Waals surface area contributed by atoms with Gasteiger partial charge in [-0.15, -0.1) is 0 Å². The topological polar surface area (TPSA) is 45.2 Å². The van der Waals surface area contributed by atoms with E-state index in [1.54, 1.807) is 6.20 Å². The van der Waals surface area contributed by atoms with Crippen molar-refractivity contribution in [2.24, 2.45) is 0 Å². The maximum absolute atomic E-state index is 13.0.